The van der Waals surface area contributed by atoms with Crippen LogP contribution in [0.2, 0.25) is 0 Å². The van der Waals surface area contributed by atoms with E-state index in [9.17, 15) is 27.4 Å². The number of hydrogen-bond acceptors (Lipinski definition) is 15. The van der Waals surface area contributed by atoms with E-state index in [0.717, 1.165) is 0 Å². The second-order valence-corrected chi connectivity index (χ2v) is 13.9. The molecule has 0 bridgehead atoms. The molecule has 40 heavy (non-hydrogen) atoms. The maximum Gasteiger partial charge on any atom is 0.631 e. The molecule has 0 heterocycles. The Morgan fingerprint density at radius 3 is 0.450 bits per heavy atom. The Balaban J connectivity index is 0.00000354. The van der Waals surface area contributed by atoms with Gasteiger partial charge >= 0.3 is 54.3 Å². The number of phosphoric acid groups is 6. The lowest BCUT2D eigenvalue weighted by Crippen LogP contribution is -2.66. The van der Waals surface area contributed by atoms with Gasteiger partial charge in [0, 0.05) is 0 Å². The maximum absolute atomic E-state index is 11.4. The normalized spacial score (nSPS) is 27.1. The summed E-state index contributed by atoms with van der Waals surface area (Å²) in [5.74, 6) is 0. The summed E-state index contributed by atoms with van der Waals surface area (Å²) >= 11 is 0. The minimum absolute atomic E-state index is 2.17. The molecule has 0 aromatic carbocycles. The van der Waals surface area contributed by atoms with Gasteiger partial charge in [-0.2, -0.15) is 0 Å². The Bertz CT molecular complexity index is 869. The molecule has 1 saturated carbocycles. The lowest BCUT2D eigenvalue weighted by Gasteiger charge is -2.48. The standard InChI is InChI=1S/C6H18O24P6.BH3O3/c7-31(8,9)25-1-2(26-32(10,11)12)4(28-34(16,17)18)6(30-36(22,23)24)5(29-35(19,20)21)3(1)27-33(13,14)15;2-1(3)4/h1-6H,(H2,7,8,9)(H2,10,11,12)(H2,13,14,15)(H2,16,17,18)(H2,19,20,21)(H2,22,23,24);2-4H. The molecule has 1 rings (SSSR count). The lowest BCUT2D eigenvalue weighted by atomic mass is 9.85. The van der Waals surface area contributed by atoms with E-state index in [1.165, 1.54) is 0 Å². The molecule has 15 N–H and O–H groups in total. The summed E-state index contributed by atoms with van der Waals surface area (Å²) in [5, 5.41) is 21.5. The highest BCUT2D eigenvalue weighted by atomic mass is 31.2. The zero-order valence-electron chi connectivity index (χ0n) is 18.3. The summed E-state index contributed by atoms with van der Waals surface area (Å²) in [5.41, 5.74) is 0. The minimum atomic E-state index is -6.02. The predicted octanol–water partition coefficient (Wildman–Crippen LogP) is -5.18. The van der Waals surface area contributed by atoms with Crippen molar-refractivity contribution in [2.45, 2.75) is 36.6 Å². The van der Waals surface area contributed by atoms with Gasteiger partial charge in [0.25, 0.3) is 0 Å². The second kappa shape index (κ2) is 14.6. The van der Waals surface area contributed by atoms with E-state index in [4.69, 9.17) is 73.8 Å². The molecule has 0 aliphatic heterocycles. The van der Waals surface area contributed by atoms with Crippen LogP contribution in [0.3, 0.4) is 0 Å². The summed E-state index contributed by atoms with van der Waals surface area (Å²) < 4.78 is 93.1. The third-order valence-electron chi connectivity index (χ3n) is 3.50. The van der Waals surface area contributed by atoms with Crippen LogP contribution in [-0.4, -0.2) is 118 Å². The van der Waals surface area contributed by atoms with Crippen LogP contribution in [-0.2, 0) is 54.5 Å². The van der Waals surface area contributed by atoms with E-state index in [0.29, 0.717) is 0 Å². The molecular formula is C6H21BO27P6. The van der Waals surface area contributed by atoms with Crippen molar-refractivity contribution in [3.05, 3.63) is 0 Å². The van der Waals surface area contributed by atoms with Crippen molar-refractivity contribution < 1.29 is 128 Å². The molecule has 1 aliphatic rings. The van der Waals surface area contributed by atoms with Gasteiger partial charge < -0.3 is 73.8 Å². The quantitative estimate of drug-likeness (QED) is 0.0661. The van der Waals surface area contributed by atoms with E-state index in [1.807, 2.05) is 0 Å². The van der Waals surface area contributed by atoms with Crippen molar-refractivity contribution in [3.8, 4) is 0 Å². The van der Waals surface area contributed by atoms with E-state index >= 15 is 0 Å². The van der Waals surface area contributed by atoms with Gasteiger partial charge in [0.1, 0.15) is 36.6 Å². The largest absolute Gasteiger partial charge is 0.631 e. The molecule has 1 aliphatic carbocycles. The second-order valence-electron chi connectivity index (χ2n) is 6.71. The van der Waals surface area contributed by atoms with Crippen LogP contribution in [0.15, 0.2) is 0 Å². The molecule has 34 heteroatoms. The molecule has 0 atom stereocenters. The molecular weight excluding hydrogens is 701 g/mol. The van der Waals surface area contributed by atoms with Gasteiger partial charge in [0.15, 0.2) is 0 Å². The van der Waals surface area contributed by atoms with Gasteiger partial charge in [-0.15, -0.1) is 0 Å². The molecule has 0 amide bonds. The van der Waals surface area contributed by atoms with Crippen molar-refractivity contribution in [3.63, 3.8) is 0 Å². The van der Waals surface area contributed by atoms with E-state index in [2.05, 4.69) is 27.1 Å². The van der Waals surface area contributed by atoms with Gasteiger partial charge in [-0.1, -0.05) is 0 Å². The topological polar surface area (TPSA) is 461 Å². The first-order valence-corrected chi connectivity index (χ1v) is 18.0. The van der Waals surface area contributed by atoms with Gasteiger partial charge in [0.05, 0.1) is 0 Å². The van der Waals surface area contributed by atoms with Crippen LogP contribution in [0.25, 0.3) is 0 Å². The fourth-order valence-electron chi connectivity index (χ4n) is 2.79. The Hall–Kier alpha value is 0.605. The fraction of sp³-hybridized carbons (Fsp3) is 1.00. The van der Waals surface area contributed by atoms with Crippen molar-refractivity contribution in [2.75, 3.05) is 0 Å². The van der Waals surface area contributed by atoms with Crippen molar-refractivity contribution >= 4 is 54.3 Å². The highest BCUT2D eigenvalue weighted by molar-refractivity contribution is 7.47. The summed E-state index contributed by atoms with van der Waals surface area (Å²) in [6, 6.07) is 0. The van der Waals surface area contributed by atoms with Crippen LogP contribution in [0.5, 0.6) is 0 Å². The first-order chi connectivity index (χ1) is 17.3. The third kappa shape index (κ3) is 18.3. The van der Waals surface area contributed by atoms with E-state index in [-0.39, 0.29) is 0 Å². The fourth-order valence-corrected chi connectivity index (χ4v) is 6.14. The number of phosphoric ester groups is 6. The Morgan fingerprint density at radius 2 is 0.400 bits per heavy atom. The summed E-state index contributed by atoms with van der Waals surface area (Å²) in [6.45, 7) is 0. The SMILES string of the molecule is O=P(O)(O)OC1C(OP(=O)(O)O)C(OP(=O)(O)O)C(OP(=O)(O)O)C(OP(=O)(O)O)C1OP(=O)(O)O.OB(O)O. The zero-order valence-corrected chi connectivity index (χ0v) is 23.7. The zero-order chi connectivity index (χ0) is 32.3. The average Bonchev–Trinajstić information content (AvgIpc) is 2.57. The summed E-state index contributed by atoms with van der Waals surface area (Å²) in [7, 11) is -38.3. The number of rotatable bonds is 12. The third-order valence-corrected chi connectivity index (χ3v) is 6.61. The van der Waals surface area contributed by atoms with Crippen molar-refractivity contribution in [1.29, 1.82) is 0 Å². The molecule has 0 radical (unpaired) electrons. The van der Waals surface area contributed by atoms with Crippen molar-refractivity contribution in [2.24, 2.45) is 0 Å². The van der Waals surface area contributed by atoms with Gasteiger partial charge in [-0.25, -0.2) is 27.4 Å². The summed E-state index contributed by atoms with van der Waals surface area (Å²) in [4.78, 5) is 110. The maximum atomic E-state index is 11.4. The number of hydrogen-bond donors (Lipinski definition) is 15. The van der Waals surface area contributed by atoms with Crippen LogP contribution >= 0.6 is 46.9 Å². The molecule has 240 valence electrons. The van der Waals surface area contributed by atoms with Gasteiger partial charge in [-0.05, 0) is 0 Å². The summed E-state index contributed by atoms with van der Waals surface area (Å²) in [6.07, 6.45) is -18.9. The first-order valence-electron chi connectivity index (χ1n) is 8.78. The Kier molecular flexibility index (Phi) is 14.8. The van der Waals surface area contributed by atoms with Crippen LogP contribution in [0.1, 0.15) is 0 Å². The predicted molar refractivity (Wildman–Crippen MR) is 114 cm³/mol. The highest BCUT2D eigenvalue weighted by Crippen LogP contribution is 2.57. The molecule has 27 nitrogen and oxygen atoms in total. The van der Waals surface area contributed by atoms with Crippen LogP contribution < -0.4 is 0 Å². The van der Waals surface area contributed by atoms with Gasteiger partial charge in [0.2, 0.25) is 0 Å². The van der Waals surface area contributed by atoms with E-state index in [1.54, 1.807) is 0 Å². The van der Waals surface area contributed by atoms with Gasteiger partial charge in [-0.3, -0.25) is 27.1 Å². The average molecular weight is 722 g/mol. The molecule has 0 saturated heterocycles. The molecule has 0 aromatic heterocycles. The Labute approximate surface area is 219 Å². The molecule has 0 spiro atoms. The first kappa shape index (κ1) is 40.6. The van der Waals surface area contributed by atoms with Crippen LogP contribution in [0, 0.1) is 0 Å². The lowest BCUT2D eigenvalue weighted by molar-refractivity contribution is -0.202. The molecule has 0 unspecified atom stereocenters. The van der Waals surface area contributed by atoms with Crippen molar-refractivity contribution in [1.82, 2.24) is 0 Å². The smallest absolute Gasteiger partial charge is 0.402 e. The van der Waals surface area contributed by atoms with E-state index < -0.39 is 90.9 Å². The van der Waals surface area contributed by atoms with Crippen LogP contribution in [0.4, 0.5) is 0 Å². The monoisotopic (exact) mass is 722 g/mol. The molecule has 0 aromatic rings. The Morgan fingerprint density at radius 1 is 0.325 bits per heavy atom. The molecule has 1 fully saturated rings. The minimum Gasteiger partial charge on any atom is -0.402 e. The highest BCUT2D eigenvalue weighted by Gasteiger charge is 2.62.